The molecule has 3 heteroatoms. The van der Waals surface area contributed by atoms with Crippen LogP contribution in [0.3, 0.4) is 0 Å². The average molecular weight is 262 g/mol. The Morgan fingerprint density at radius 1 is 1.28 bits per heavy atom. The third-order valence-corrected chi connectivity index (χ3v) is 8.21. The highest BCUT2D eigenvalue weighted by molar-refractivity contribution is 6.74. The van der Waals surface area contributed by atoms with Crippen LogP contribution in [-0.4, -0.2) is 8.32 Å². The fraction of sp³-hybridized carbons (Fsp3) is 0.467. The van der Waals surface area contributed by atoms with Crippen molar-refractivity contribution in [3.05, 3.63) is 36.1 Å². The average Bonchev–Trinajstić information content (AvgIpc) is 2.57. The minimum Gasteiger partial charge on any atom is -0.541 e. The van der Waals surface area contributed by atoms with E-state index in [1.54, 1.807) is 0 Å². The number of allylic oxidation sites excluding steroid dienone is 1. The second-order valence-corrected chi connectivity index (χ2v) is 11.1. The van der Waals surface area contributed by atoms with Crippen molar-refractivity contribution in [2.24, 2.45) is 0 Å². The van der Waals surface area contributed by atoms with Crippen molar-refractivity contribution in [3.63, 3.8) is 0 Å². The Kier molecular flexibility index (Phi) is 3.05. The molecule has 0 saturated carbocycles. The molecule has 2 nitrogen and oxygen atoms in total. The Balaban J connectivity index is 2.32. The second-order valence-electron chi connectivity index (χ2n) is 6.42. The van der Waals surface area contributed by atoms with Gasteiger partial charge in [0, 0.05) is 12.0 Å². The minimum absolute atomic E-state index is 0.186. The molecule has 1 aromatic carbocycles. The van der Waals surface area contributed by atoms with Gasteiger partial charge in [-0.25, -0.2) is 0 Å². The standard InChI is InChI=1S/C15H22O2Si/c1-11-10-12-8-7-9-13(14(12)16-11)17-18(5,6)15(2,3)4/h7-9H,1,10H2,2-6H3. The molecule has 0 amide bonds. The van der Waals surface area contributed by atoms with Crippen LogP contribution in [0.4, 0.5) is 0 Å². The van der Waals surface area contributed by atoms with E-state index >= 15 is 0 Å². The van der Waals surface area contributed by atoms with Crippen molar-refractivity contribution in [2.75, 3.05) is 0 Å². The van der Waals surface area contributed by atoms with Crippen molar-refractivity contribution >= 4 is 8.32 Å². The predicted molar refractivity (Wildman–Crippen MR) is 77.7 cm³/mol. The fourth-order valence-corrected chi connectivity index (χ4v) is 2.73. The molecule has 0 fully saturated rings. The zero-order valence-corrected chi connectivity index (χ0v) is 13.0. The number of fused-ring (bicyclic) bond motifs is 1. The van der Waals surface area contributed by atoms with Gasteiger partial charge >= 0.3 is 0 Å². The molecule has 0 spiro atoms. The smallest absolute Gasteiger partial charge is 0.250 e. The van der Waals surface area contributed by atoms with Gasteiger partial charge in [-0.05, 0) is 24.2 Å². The molecule has 2 rings (SSSR count). The molecule has 0 atom stereocenters. The molecule has 1 heterocycles. The van der Waals surface area contributed by atoms with Gasteiger partial charge in [-0.2, -0.15) is 0 Å². The first kappa shape index (κ1) is 13.2. The van der Waals surface area contributed by atoms with Gasteiger partial charge in [0.2, 0.25) is 0 Å². The van der Waals surface area contributed by atoms with Crippen molar-refractivity contribution in [1.29, 1.82) is 0 Å². The molecule has 0 aliphatic carbocycles. The normalized spacial score (nSPS) is 15.3. The summed E-state index contributed by atoms with van der Waals surface area (Å²) in [5.74, 6) is 2.54. The first-order chi connectivity index (χ1) is 8.21. The predicted octanol–water partition coefficient (Wildman–Crippen LogP) is 4.52. The molecule has 0 bridgehead atoms. The van der Waals surface area contributed by atoms with Crippen LogP contribution in [0.2, 0.25) is 18.1 Å². The summed E-state index contributed by atoms with van der Waals surface area (Å²) >= 11 is 0. The molecule has 18 heavy (non-hydrogen) atoms. The van der Waals surface area contributed by atoms with Gasteiger partial charge in [0.25, 0.3) is 8.32 Å². The zero-order valence-electron chi connectivity index (χ0n) is 12.0. The minimum atomic E-state index is -1.82. The molecule has 1 aromatic rings. The van der Waals surface area contributed by atoms with Crippen LogP contribution in [0, 0.1) is 0 Å². The highest BCUT2D eigenvalue weighted by Crippen LogP contribution is 2.43. The number of para-hydroxylation sites is 1. The first-order valence-electron chi connectivity index (χ1n) is 6.37. The highest BCUT2D eigenvalue weighted by Gasteiger charge is 2.40. The van der Waals surface area contributed by atoms with E-state index in [2.05, 4.69) is 46.5 Å². The van der Waals surface area contributed by atoms with Crippen molar-refractivity contribution in [2.45, 2.75) is 45.3 Å². The maximum atomic E-state index is 6.33. The highest BCUT2D eigenvalue weighted by atomic mass is 28.4. The monoisotopic (exact) mass is 262 g/mol. The summed E-state index contributed by atoms with van der Waals surface area (Å²) in [4.78, 5) is 0. The number of ether oxygens (including phenoxy) is 1. The van der Waals surface area contributed by atoms with Gasteiger partial charge in [-0.15, -0.1) is 0 Å². The van der Waals surface area contributed by atoms with Crippen LogP contribution >= 0.6 is 0 Å². The van der Waals surface area contributed by atoms with Gasteiger partial charge in [0.1, 0.15) is 11.5 Å². The van der Waals surface area contributed by atoms with E-state index in [1.807, 2.05) is 12.1 Å². The van der Waals surface area contributed by atoms with Crippen molar-refractivity contribution in [1.82, 2.24) is 0 Å². The Labute approximate surface area is 111 Å². The summed E-state index contributed by atoms with van der Waals surface area (Å²) < 4.78 is 12.0. The third-order valence-electron chi connectivity index (χ3n) is 3.87. The maximum absolute atomic E-state index is 6.33. The number of rotatable bonds is 2. The lowest BCUT2D eigenvalue weighted by Crippen LogP contribution is -2.43. The summed E-state index contributed by atoms with van der Waals surface area (Å²) in [5.41, 5.74) is 1.18. The Morgan fingerprint density at radius 3 is 2.56 bits per heavy atom. The van der Waals surface area contributed by atoms with Crippen molar-refractivity contribution in [3.8, 4) is 11.5 Å². The van der Waals surface area contributed by atoms with Gasteiger partial charge in [-0.3, -0.25) is 0 Å². The third kappa shape index (κ3) is 2.32. The number of hydrogen-bond donors (Lipinski definition) is 0. The van der Waals surface area contributed by atoms with Crippen molar-refractivity contribution < 1.29 is 9.16 Å². The second kappa shape index (κ2) is 4.16. The molecule has 98 valence electrons. The number of benzene rings is 1. The summed E-state index contributed by atoms with van der Waals surface area (Å²) in [6, 6.07) is 6.10. The summed E-state index contributed by atoms with van der Waals surface area (Å²) in [6.45, 7) is 15.1. The van der Waals surface area contributed by atoms with Crippen LogP contribution in [0.1, 0.15) is 26.3 Å². The lowest BCUT2D eigenvalue weighted by Gasteiger charge is -2.36. The van der Waals surface area contributed by atoms with Gasteiger partial charge < -0.3 is 9.16 Å². The Morgan fingerprint density at radius 2 is 1.94 bits per heavy atom. The summed E-state index contributed by atoms with van der Waals surface area (Å²) in [5, 5.41) is 0.186. The van der Waals surface area contributed by atoms with Crippen LogP contribution in [0.25, 0.3) is 0 Å². The molecule has 0 saturated heterocycles. The molecule has 1 aliphatic rings. The quantitative estimate of drug-likeness (QED) is 0.730. The van der Waals surface area contributed by atoms with E-state index in [0.717, 1.165) is 23.7 Å². The van der Waals surface area contributed by atoms with E-state index in [4.69, 9.17) is 9.16 Å². The number of hydrogen-bond acceptors (Lipinski definition) is 2. The van der Waals surface area contributed by atoms with Gasteiger partial charge in [0.05, 0.1) is 0 Å². The van der Waals surface area contributed by atoms with E-state index in [1.165, 1.54) is 5.56 Å². The topological polar surface area (TPSA) is 18.5 Å². The molecule has 0 N–H and O–H groups in total. The molecular formula is C15H22O2Si. The first-order valence-corrected chi connectivity index (χ1v) is 9.28. The maximum Gasteiger partial charge on any atom is 0.250 e. The van der Waals surface area contributed by atoms with Crippen LogP contribution in [0.5, 0.6) is 11.5 Å². The molecule has 1 aliphatic heterocycles. The molecule has 0 unspecified atom stereocenters. The van der Waals surface area contributed by atoms with E-state index in [0.29, 0.717) is 0 Å². The van der Waals surface area contributed by atoms with E-state index in [-0.39, 0.29) is 5.04 Å². The SMILES string of the molecule is C=C1Cc2cccc(O[Si](C)(C)C(C)(C)C)c2O1. The Bertz CT molecular complexity index is 484. The molecule has 0 radical (unpaired) electrons. The Hall–Kier alpha value is -1.22. The van der Waals surface area contributed by atoms with Gasteiger partial charge in [0.15, 0.2) is 5.75 Å². The lowest BCUT2D eigenvalue weighted by atomic mass is 10.1. The van der Waals surface area contributed by atoms with E-state index in [9.17, 15) is 0 Å². The van der Waals surface area contributed by atoms with E-state index < -0.39 is 8.32 Å². The summed E-state index contributed by atoms with van der Waals surface area (Å²) in [7, 11) is -1.82. The molecule has 0 aromatic heterocycles. The fourth-order valence-electron chi connectivity index (χ4n) is 1.72. The van der Waals surface area contributed by atoms with Crippen LogP contribution < -0.4 is 9.16 Å². The van der Waals surface area contributed by atoms with Gasteiger partial charge in [-0.1, -0.05) is 39.5 Å². The van der Waals surface area contributed by atoms with Crippen LogP contribution in [-0.2, 0) is 6.42 Å². The molecular weight excluding hydrogens is 240 g/mol. The zero-order chi connectivity index (χ0) is 13.6. The largest absolute Gasteiger partial charge is 0.541 e. The lowest BCUT2D eigenvalue weighted by molar-refractivity contribution is 0.413. The summed E-state index contributed by atoms with van der Waals surface area (Å²) in [6.07, 6.45) is 0.796. The van der Waals surface area contributed by atoms with Crippen LogP contribution in [0.15, 0.2) is 30.5 Å².